The number of carbonyl (C=O) groups is 1. The fourth-order valence-electron chi connectivity index (χ4n) is 7.09. The van der Waals surface area contributed by atoms with E-state index in [0.29, 0.717) is 12.5 Å². The van der Waals surface area contributed by atoms with E-state index >= 15 is 0 Å². The van der Waals surface area contributed by atoms with Crippen LogP contribution in [0.5, 0.6) is 0 Å². The summed E-state index contributed by atoms with van der Waals surface area (Å²) in [7, 11) is 0. The van der Waals surface area contributed by atoms with Gasteiger partial charge in [0.05, 0.1) is 24.8 Å². The summed E-state index contributed by atoms with van der Waals surface area (Å²) < 4.78 is 23.6. The van der Waals surface area contributed by atoms with Crippen LogP contribution in [0.25, 0.3) is 0 Å². The van der Waals surface area contributed by atoms with Crippen LogP contribution in [0.2, 0.25) is 0 Å². The highest BCUT2D eigenvalue weighted by Gasteiger charge is 2.58. The third kappa shape index (κ3) is 7.29. The highest BCUT2D eigenvalue weighted by Crippen LogP contribution is 2.41. The maximum absolute atomic E-state index is 13.0. The maximum Gasteiger partial charge on any atom is 0.186 e. The van der Waals surface area contributed by atoms with Crippen molar-refractivity contribution in [3.63, 3.8) is 0 Å². The molecule has 5 aliphatic rings. The quantitative estimate of drug-likeness (QED) is 0.0921. The Morgan fingerprint density at radius 1 is 0.783 bits per heavy atom. The Bertz CT molecular complexity index is 1040. The van der Waals surface area contributed by atoms with E-state index in [1.165, 1.54) is 0 Å². The third-order valence-electron chi connectivity index (χ3n) is 10.4. The van der Waals surface area contributed by atoms with Crippen molar-refractivity contribution in [2.24, 2.45) is 40.5 Å². The molecule has 0 spiro atoms. The number of ether oxygens (including phenoxy) is 4. The molecule has 18 N–H and O–H groups in total. The average Bonchev–Trinajstić information content (AvgIpc) is 3.63. The van der Waals surface area contributed by atoms with Gasteiger partial charge in [-0.2, -0.15) is 0 Å². The number of nitrogens with two attached hydrogens (primary N) is 5. The van der Waals surface area contributed by atoms with Gasteiger partial charge in [0.2, 0.25) is 0 Å². The number of aliphatic hydroxyl groups is 7. The normalized spacial score (nSPS) is 52.6. The van der Waals surface area contributed by atoms with Crippen LogP contribution in [0.15, 0.2) is 0 Å². The molecule has 18 heteroatoms. The summed E-state index contributed by atoms with van der Waals surface area (Å²) in [6.45, 7) is 0.172. The molecular formula is C28H52N6O12. The van der Waals surface area contributed by atoms with Crippen molar-refractivity contribution in [1.29, 1.82) is 0 Å². The van der Waals surface area contributed by atoms with Crippen LogP contribution >= 0.6 is 0 Å². The van der Waals surface area contributed by atoms with Gasteiger partial charge in [-0.15, -0.1) is 0 Å². The van der Waals surface area contributed by atoms with Crippen molar-refractivity contribution < 1.29 is 59.5 Å². The number of rotatable bonds is 12. The Balaban J connectivity index is 1.30. The number of carbonyl (C=O) groups excluding carboxylic acids is 1. The van der Waals surface area contributed by atoms with Crippen molar-refractivity contribution in [3.05, 3.63) is 0 Å². The zero-order chi connectivity index (χ0) is 33.7. The number of ketones is 1. The summed E-state index contributed by atoms with van der Waals surface area (Å²) in [6, 6.07) is -3.98. The highest BCUT2D eigenvalue weighted by molar-refractivity contribution is 5.91. The average molecular weight is 665 g/mol. The predicted octanol–water partition coefficient (Wildman–Crippen LogP) is -7.25. The van der Waals surface area contributed by atoms with E-state index in [-0.39, 0.29) is 31.8 Å². The molecule has 0 amide bonds. The van der Waals surface area contributed by atoms with E-state index < -0.39 is 116 Å². The molecule has 2 saturated heterocycles. The molecule has 2 aliphatic heterocycles. The molecule has 5 rings (SSSR count). The van der Waals surface area contributed by atoms with E-state index in [9.17, 15) is 40.5 Å². The topological polar surface area (TPSA) is 338 Å². The molecule has 18 nitrogen and oxygen atoms in total. The fourth-order valence-corrected chi connectivity index (χ4v) is 7.09. The van der Waals surface area contributed by atoms with Gasteiger partial charge in [-0.3, -0.25) is 4.79 Å². The van der Waals surface area contributed by atoms with Gasteiger partial charge in [0.15, 0.2) is 18.4 Å². The molecule has 266 valence electrons. The predicted molar refractivity (Wildman–Crippen MR) is 157 cm³/mol. The molecule has 17 atom stereocenters. The first kappa shape index (κ1) is 36.3. The van der Waals surface area contributed by atoms with Crippen LogP contribution in [0.4, 0.5) is 0 Å². The minimum absolute atomic E-state index is 0.0199. The van der Waals surface area contributed by atoms with Gasteiger partial charge in [0.25, 0.3) is 0 Å². The molecule has 3 aliphatic carbocycles. The van der Waals surface area contributed by atoms with Gasteiger partial charge in [-0.05, 0) is 37.6 Å². The number of nitrogens with one attached hydrogen (secondary N) is 1. The Labute approximate surface area is 266 Å². The molecule has 0 aromatic heterocycles. The van der Waals surface area contributed by atoms with E-state index in [1.807, 2.05) is 0 Å². The third-order valence-corrected chi connectivity index (χ3v) is 10.4. The molecule has 3 saturated carbocycles. The van der Waals surface area contributed by atoms with Gasteiger partial charge in [-0.25, -0.2) is 0 Å². The summed E-state index contributed by atoms with van der Waals surface area (Å²) in [5, 5.41) is 77.4. The van der Waals surface area contributed by atoms with Crippen LogP contribution in [0, 0.1) is 11.8 Å². The van der Waals surface area contributed by atoms with Crippen molar-refractivity contribution in [3.8, 4) is 0 Å². The van der Waals surface area contributed by atoms with E-state index in [2.05, 4.69) is 5.32 Å². The van der Waals surface area contributed by atoms with Crippen LogP contribution in [-0.2, 0) is 23.7 Å². The summed E-state index contributed by atoms with van der Waals surface area (Å²) in [6.07, 6.45) is -13.3. The van der Waals surface area contributed by atoms with Crippen LogP contribution in [0.3, 0.4) is 0 Å². The van der Waals surface area contributed by atoms with E-state index in [0.717, 1.165) is 12.8 Å². The first-order valence-corrected chi connectivity index (χ1v) is 16.0. The van der Waals surface area contributed by atoms with Gasteiger partial charge in [0.1, 0.15) is 54.4 Å². The van der Waals surface area contributed by atoms with Gasteiger partial charge >= 0.3 is 0 Å². The summed E-state index contributed by atoms with van der Waals surface area (Å²) >= 11 is 0. The molecule has 46 heavy (non-hydrogen) atoms. The Hall–Kier alpha value is -1.01. The van der Waals surface area contributed by atoms with Gasteiger partial charge < -0.3 is 88.7 Å². The summed E-state index contributed by atoms with van der Waals surface area (Å²) in [4.78, 5) is 13.0. The second-order valence-corrected chi connectivity index (χ2v) is 13.9. The SMILES string of the molecule is NC1CC(CNC[C@H]2O[C@H](OC3[C@@H](N)C[C@@H](CC(=O)C4(O)CC4N)[C@H](O[C@H]4O[C@H](CO)[C@@H](O)[C@H](N)[C@H]4O)[C@H]3O)[C@H](N)[C@@H](O)[C@@H]2O)C1. The standard InChI is InChI=1S/C28H52N6O12/c29-11-1-9(2-11)6-34-7-13-20(38)21(39)18(33)26(43-13)46-25-12(30)3-10(4-16(36)28(42)5-15(28)31)24(23(25)41)45-27-22(40)17(32)19(37)14(8-35)44-27/h9-15,17-27,34-35,37-42H,1-8,29-33H2/t9?,10-,11?,12-,13+,14+,15?,17-,18+,19+,20+,21+,22+,23+,24-,25?,26+,27+,28?/m0/s1. The minimum atomic E-state index is -1.71. The Kier molecular flexibility index (Phi) is 11.4. The molecule has 5 fully saturated rings. The zero-order valence-electron chi connectivity index (χ0n) is 25.6. The number of Topliss-reactive ketones (excluding diaryl/α,β-unsaturated/α-hetero) is 1. The first-order valence-electron chi connectivity index (χ1n) is 16.0. The molecule has 0 aromatic rings. The van der Waals surface area contributed by atoms with Gasteiger partial charge in [0, 0.05) is 37.5 Å². The summed E-state index contributed by atoms with van der Waals surface area (Å²) in [5.41, 5.74) is 28.5. The lowest BCUT2D eigenvalue weighted by molar-refractivity contribution is -0.323. The lowest BCUT2D eigenvalue weighted by Crippen LogP contribution is -2.68. The smallest absolute Gasteiger partial charge is 0.186 e. The second kappa shape index (κ2) is 14.5. The van der Waals surface area contributed by atoms with Crippen LogP contribution in [-0.4, -0.2) is 165 Å². The maximum atomic E-state index is 13.0. The fraction of sp³-hybridized carbons (Fsp3) is 0.964. The molecule has 3 unspecified atom stereocenters. The molecule has 0 bridgehead atoms. The van der Waals surface area contributed by atoms with Crippen LogP contribution < -0.4 is 34.0 Å². The Morgan fingerprint density at radius 3 is 2.02 bits per heavy atom. The van der Waals surface area contributed by atoms with Crippen molar-refractivity contribution in [2.75, 3.05) is 19.7 Å². The van der Waals surface area contributed by atoms with Crippen LogP contribution in [0.1, 0.15) is 32.1 Å². The minimum Gasteiger partial charge on any atom is -0.394 e. The van der Waals surface area contributed by atoms with Crippen molar-refractivity contribution in [1.82, 2.24) is 5.32 Å². The van der Waals surface area contributed by atoms with Crippen molar-refractivity contribution in [2.45, 2.75) is 135 Å². The monoisotopic (exact) mass is 664 g/mol. The van der Waals surface area contributed by atoms with E-state index in [4.69, 9.17) is 47.6 Å². The lowest BCUT2D eigenvalue weighted by Gasteiger charge is -2.49. The van der Waals surface area contributed by atoms with Gasteiger partial charge in [-0.1, -0.05) is 0 Å². The molecule has 2 heterocycles. The van der Waals surface area contributed by atoms with Crippen molar-refractivity contribution >= 4 is 5.78 Å². The molecular weight excluding hydrogens is 612 g/mol. The summed E-state index contributed by atoms with van der Waals surface area (Å²) in [5.74, 6) is -1.00. The number of hydrogen-bond acceptors (Lipinski definition) is 18. The highest BCUT2D eigenvalue weighted by atomic mass is 16.7. The molecule has 0 aromatic carbocycles. The largest absolute Gasteiger partial charge is 0.394 e. The second-order valence-electron chi connectivity index (χ2n) is 13.9. The van der Waals surface area contributed by atoms with E-state index in [1.54, 1.807) is 0 Å². The lowest BCUT2D eigenvalue weighted by atomic mass is 9.76. The number of hydrogen-bond donors (Lipinski definition) is 13. The Morgan fingerprint density at radius 2 is 1.41 bits per heavy atom. The zero-order valence-corrected chi connectivity index (χ0v) is 25.6. The number of aliphatic hydroxyl groups excluding tert-OH is 6. The first-order chi connectivity index (χ1) is 21.7. The molecule has 0 radical (unpaired) electrons.